The van der Waals surface area contributed by atoms with E-state index in [2.05, 4.69) is 15.6 Å². The summed E-state index contributed by atoms with van der Waals surface area (Å²) in [5.41, 5.74) is 1.51. The number of ether oxygens (including phenoxy) is 1. The summed E-state index contributed by atoms with van der Waals surface area (Å²) >= 11 is 0. The lowest BCUT2D eigenvalue weighted by Gasteiger charge is -2.18. The third-order valence-corrected chi connectivity index (χ3v) is 4.41. The molecule has 0 bridgehead atoms. The summed E-state index contributed by atoms with van der Waals surface area (Å²) in [5, 5.41) is 6.73. The highest BCUT2D eigenvalue weighted by Crippen LogP contribution is 2.48. The Balaban J connectivity index is 0.00000288. The van der Waals surface area contributed by atoms with Crippen molar-refractivity contribution >= 4 is 29.9 Å². The van der Waals surface area contributed by atoms with E-state index in [-0.39, 0.29) is 29.8 Å². The Kier molecular flexibility index (Phi) is 9.58. The van der Waals surface area contributed by atoms with Gasteiger partial charge in [0, 0.05) is 33.4 Å². The van der Waals surface area contributed by atoms with Gasteiger partial charge in [0.25, 0.3) is 0 Å². The minimum Gasteiger partial charge on any atom is -0.382 e. The molecule has 2 rings (SSSR count). The van der Waals surface area contributed by atoms with Crippen molar-refractivity contribution in [2.45, 2.75) is 32.6 Å². The van der Waals surface area contributed by atoms with Gasteiger partial charge >= 0.3 is 0 Å². The molecule has 6 heteroatoms. The standard InChI is InChI=1S/C18H28FN3O.HI/c1-3-23-13-11-18(9-10-18)14-22-17(20-2)21-12-8-15-4-6-16(19)7-5-15;/h4-7H,3,8-14H2,1-2H3,(H2,20,21,22);1H. The summed E-state index contributed by atoms with van der Waals surface area (Å²) in [5.74, 6) is 0.635. The van der Waals surface area contributed by atoms with Crippen LogP contribution in [-0.4, -0.2) is 39.3 Å². The second-order valence-corrected chi connectivity index (χ2v) is 6.18. The molecule has 4 nitrogen and oxygen atoms in total. The van der Waals surface area contributed by atoms with Crippen LogP contribution >= 0.6 is 24.0 Å². The van der Waals surface area contributed by atoms with Gasteiger partial charge in [0.15, 0.2) is 5.96 Å². The lowest BCUT2D eigenvalue weighted by molar-refractivity contribution is 0.128. The Morgan fingerprint density at radius 1 is 1.25 bits per heavy atom. The van der Waals surface area contributed by atoms with Gasteiger partial charge in [0.2, 0.25) is 0 Å². The second-order valence-electron chi connectivity index (χ2n) is 6.18. The number of halogens is 2. The molecular weight excluding hydrogens is 420 g/mol. The van der Waals surface area contributed by atoms with Gasteiger partial charge in [-0.3, -0.25) is 4.99 Å². The highest BCUT2D eigenvalue weighted by Gasteiger charge is 2.41. The second kappa shape index (κ2) is 10.9. The maximum absolute atomic E-state index is 12.9. The summed E-state index contributed by atoms with van der Waals surface area (Å²) in [6.45, 7) is 5.38. The minimum atomic E-state index is -0.194. The summed E-state index contributed by atoms with van der Waals surface area (Å²) < 4.78 is 18.3. The van der Waals surface area contributed by atoms with Gasteiger partial charge < -0.3 is 15.4 Å². The molecule has 1 aliphatic rings. The van der Waals surface area contributed by atoms with Crippen LogP contribution in [0.5, 0.6) is 0 Å². The van der Waals surface area contributed by atoms with Crippen molar-refractivity contribution in [1.29, 1.82) is 0 Å². The van der Waals surface area contributed by atoms with E-state index in [1.807, 2.05) is 19.1 Å². The molecule has 1 fully saturated rings. The summed E-state index contributed by atoms with van der Waals surface area (Å²) in [6.07, 6.45) is 4.48. The minimum absolute atomic E-state index is 0. The smallest absolute Gasteiger partial charge is 0.191 e. The van der Waals surface area contributed by atoms with Gasteiger partial charge in [-0.15, -0.1) is 24.0 Å². The average Bonchev–Trinajstić information content (AvgIpc) is 3.33. The Morgan fingerprint density at radius 3 is 2.54 bits per heavy atom. The average molecular weight is 449 g/mol. The van der Waals surface area contributed by atoms with E-state index in [0.717, 1.165) is 50.7 Å². The molecule has 0 heterocycles. The Bertz CT molecular complexity index is 503. The molecular formula is C18H29FIN3O. The number of nitrogens with zero attached hydrogens (tertiary/aromatic N) is 1. The van der Waals surface area contributed by atoms with E-state index in [1.165, 1.54) is 25.0 Å². The van der Waals surface area contributed by atoms with Crippen LogP contribution in [0.15, 0.2) is 29.3 Å². The van der Waals surface area contributed by atoms with Crippen molar-refractivity contribution in [2.75, 3.05) is 33.4 Å². The first kappa shape index (κ1) is 21.2. The molecule has 1 aromatic carbocycles. The lowest BCUT2D eigenvalue weighted by atomic mass is 10.0. The van der Waals surface area contributed by atoms with E-state index in [9.17, 15) is 4.39 Å². The Hall–Kier alpha value is -0.890. The van der Waals surface area contributed by atoms with E-state index in [1.54, 1.807) is 7.05 Å². The molecule has 1 aromatic rings. The molecule has 0 saturated heterocycles. The maximum atomic E-state index is 12.9. The number of hydrogen-bond donors (Lipinski definition) is 2. The molecule has 0 amide bonds. The number of rotatable bonds is 9. The van der Waals surface area contributed by atoms with E-state index in [4.69, 9.17) is 4.74 Å². The van der Waals surface area contributed by atoms with Gasteiger partial charge in [-0.1, -0.05) is 12.1 Å². The normalized spacial score (nSPS) is 15.5. The Morgan fingerprint density at radius 2 is 1.96 bits per heavy atom. The Labute approximate surface area is 161 Å². The zero-order valence-corrected chi connectivity index (χ0v) is 16.9. The largest absolute Gasteiger partial charge is 0.382 e. The van der Waals surface area contributed by atoms with Crippen molar-refractivity contribution < 1.29 is 9.13 Å². The van der Waals surface area contributed by atoms with Crippen LogP contribution in [0.25, 0.3) is 0 Å². The van der Waals surface area contributed by atoms with Gasteiger partial charge in [-0.2, -0.15) is 0 Å². The third-order valence-electron chi connectivity index (χ3n) is 4.41. The van der Waals surface area contributed by atoms with Crippen molar-refractivity contribution in [1.82, 2.24) is 10.6 Å². The molecule has 0 atom stereocenters. The van der Waals surface area contributed by atoms with Crippen molar-refractivity contribution in [3.63, 3.8) is 0 Å². The topological polar surface area (TPSA) is 45.6 Å². The van der Waals surface area contributed by atoms with Crippen LogP contribution in [0, 0.1) is 11.2 Å². The third kappa shape index (κ3) is 7.34. The maximum Gasteiger partial charge on any atom is 0.191 e. The fraction of sp³-hybridized carbons (Fsp3) is 0.611. The number of guanidine groups is 1. The summed E-state index contributed by atoms with van der Waals surface area (Å²) in [7, 11) is 1.78. The molecule has 0 aliphatic heterocycles. The van der Waals surface area contributed by atoms with Crippen molar-refractivity contribution in [2.24, 2.45) is 10.4 Å². The van der Waals surface area contributed by atoms with Crippen molar-refractivity contribution in [3.8, 4) is 0 Å². The van der Waals surface area contributed by atoms with Gasteiger partial charge in [0.1, 0.15) is 5.82 Å². The van der Waals surface area contributed by atoms with Crippen LogP contribution in [0.1, 0.15) is 31.7 Å². The predicted molar refractivity (Wildman–Crippen MR) is 108 cm³/mol. The monoisotopic (exact) mass is 449 g/mol. The fourth-order valence-electron chi connectivity index (χ4n) is 2.59. The van der Waals surface area contributed by atoms with E-state index in [0.29, 0.717) is 5.41 Å². The van der Waals surface area contributed by atoms with E-state index >= 15 is 0 Å². The molecule has 2 N–H and O–H groups in total. The first-order valence-corrected chi connectivity index (χ1v) is 8.44. The first-order valence-electron chi connectivity index (χ1n) is 8.44. The first-order chi connectivity index (χ1) is 11.2. The summed E-state index contributed by atoms with van der Waals surface area (Å²) in [6, 6.07) is 6.63. The molecule has 0 spiro atoms. The quantitative estimate of drug-likeness (QED) is 0.263. The van der Waals surface area contributed by atoms with Crippen molar-refractivity contribution in [3.05, 3.63) is 35.6 Å². The number of aliphatic imine (C=N–C) groups is 1. The zero-order valence-electron chi connectivity index (χ0n) is 14.6. The zero-order chi connectivity index (χ0) is 16.5. The number of benzene rings is 1. The highest BCUT2D eigenvalue weighted by atomic mass is 127. The van der Waals surface area contributed by atoms with Gasteiger partial charge in [-0.05, 0) is 55.7 Å². The molecule has 24 heavy (non-hydrogen) atoms. The molecule has 0 unspecified atom stereocenters. The van der Waals surface area contributed by atoms with Crippen LogP contribution in [0.3, 0.4) is 0 Å². The molecule has 1 saturated carbocycles. The molecule has 0 aromatic heterocycles. The molecule has 0 radical (unpaired) electrons. The van der Waals surface area contributed by atoms with E-state index < -0.39 is 0 Å². The predicted octanol–water partition coefficient (Wildman–Crippen LogP) is 3.36. The van der Waals surface area contributed by atoms with Crippen LogP contribution in [0.2, 0.25) is 0 Å². The number of nitrogens with one attached hydrogen (secondary N) is 2. The van der Waals surface area contributed by atoms with Crippen LogP contribution in [-0.2, 0) is 11.2 Å². The van der Waals surface area contributed by atoms with Crippen LogP contribution in [0.4, 0.5) is 4.39 Å². The van der Waals surface area contributed by atoms with Crippen LogP contribution < -0.4 is 10.6 Å². The lowest BCUT2D eigenvalue weighted by Crippen LogP contribution is -2.41. The molecule has 136 valence electrons. The fourth-order valence-corrected chi connectivity index (χ4v) is 2.59. The highest BCUT2D eigenvalue weighted by molar-refractivity contribution is 14.0. The number of hydrogen-bond acceptors (Lipinski definition) is 2. The van der Waals surface area contributed by atoms with Gasteiger partial charge in [-0.25, -0.2) is 4.39 Å². The molecule has 1 aliphatic carbocycles. The SMILES string of the molecule is CCOCCC1(CNC(=NC)NCCc2ccc(F)cc2)CC1.I. The summed E-state index contributed by atoms with van der Waals surface area (Å²) in [4.78, 5) is 4.26. The van der Waals surface area contributed by atoms with Gasteiger partial charge in [0.05, 0.1) is 0 Å².